The molecule has 1 atom stereocenters. The van der Waals surface area contributed by atoms with Gasteiger partial charge in [-0.25, -0.2) is 8.42 Å². The van der Waals surface area contributed by atoms with Gasteiger partial charge in [-0.2, -0.15) is 0 Å². The molecular formula is C16H20N4O2S. The van der Waals surface area contributed by atoms with E-state index in [1.54, 1.807) is 12.1 Å². The zero-order chi connectivity index (χ0) is 16.4. The van der Waals surface area contributed by atoms with Crippen molar-refractivity contribution in [3.63, 3.8) is 0 Å². The average molecular weight is 332 g/mol. The minimum absolute atomic E-state index is 0.0764. The first-order valence-corrected chi connectivity index (χ1v) is 9.37. The number of anilines is 3. The third-order valence-corrected chi connectivity index (χ3v) is 5.30. The summed E-state index contributed by atoms with van der Waals surface area (Å²) >= 11 is 0. The van der Waals surface area contributed by atoms with Crippen LogP contribution in [0.5, 0.6) is 0 Å². The first-order valence-electron chi connectivity index (χ1n) is 7.71. The zero-order valence-corrected chi connectivity index (χ0v) is 14.0. The van der Waals surface area contributed by atoms with Crippen LogP contribution in [0.25, 0.3) is 0 Å². The van der Waals surface area contributed by atoms with E-state index >= 15 is 0 Å². The van der Waals surface area contributed by atoms with Crippen molar-refractivity contribution in [2.24, 2.45) is 0 Å². The number of nitrogens with one attached hydrogen (secondary N) is 1. The second-order valence-electron chi connectivity index (χ2n) is 5.75. The highest BCUT2D eigenvalue weighted by molar-refractivity contribution is 7.92. The third kappa shape index (κ3) is 3.29. The van der Waals surface area contributed by atoms with Gasteiger partial charge in [-0.1, -0.05) is 25.1 Å². The molecule has 1 aliphatic rings. The van der Waals surface area contributed by atoms with E-state index in [0.717, 1.165) is 17.9 Å². The molecule has 0 radical (unpaired) electrons. The largest absolute Gasteiger partial charge is 0.321 e. The normalized spacial score (nSPS) is 17.1. The SMILES string of the molecule is CCCS(=O)(=O)Nc1ccc(N2c3ccccc3CC2C)nn1. The number of nitrogens with zero attached hydrogens (tertiary/aromatic N) is 3. The Morgan fingerprint density at radius 3 is 2.70 bits per heavy atom. The third-order valence-electron chi connectivity index (χ3n) is 3.84. The summed E-state index contributed by atoms with van der Waals surface area (Å²) in [6, 6.07) is 12.0. The highest BCUT2D eigenvalue weighted by Gasteiger charge is 2.27. The van der Waals surface area contributed by atoms with Crippen LogP contribution >= 0.6 is 0 Å². The Kier molecular flexibility index (Phi) is 4.21. The molecule has 7 heteroatoms. The second-order valence-corrected chi connectivity index (χ2v) is 7.59. The minimum atomic E-state index is -3.34. The van der Waals surface area contributed by atoms with E-state index in [2.05, 4.69) is 38.9 Å². The maximum absolute atomic E-state index is 11.8. The topological polar surface area (TPSA) is 75.2 Å². The Morgan fingerprint density at radius 1 is 1.22 bits per heavy atom. The molecule has 0 amide bonds. The van der Waals surface area contributed by atoms with Gasteiger partial charge < -0.3 is 4.90 Å². The fourth-order valence-corrected chi connectivity index (χ4v) is 3.97. The molecule has 0 aliphatic carbocycles. The molecule has 0 spiro atoms. The van der Waals surface area contributed by atoms with Gasteiger partial charge in [-0.15, -0.1) is 10.2 Å². The summed E-state index contributed by atoms with van der Waals surface area (Å²) in [6.07, 6.45) is 1.52. The number of hydrogen-bond donors (Lipinski definition) is 1. The first-order chi connectivity index (χ1) is 11.0. The van der Waals surface area contributed by atoms with Gasteiger partial charge in [0.25, 0.3) is 0 Å². The van der Waals surface area contributed by atoms with Crippen LogP contribution in [-0.4, -0.2) is 30.4 Å². The van der Waals surface area contributed by atoms with Crippen molar-refractivity contribution in [2.45, 2.75) is 32.7 Å². The first kappa shape index (κ1) is 15.7. The van der Waals surface area contributed by atoms with Crippen LogP contribution in [0.2, 0.25) is 0 Å². The van der Waals surface area contributed by atoms with Gasteiger partial charge in [0, 0.05) is 11.7 Å². The number of benzene rings is 1. The van der Waals surface area contributed by atoms with Gasteiger partial charge >= 0.3 is 0 Å². The van der Waals surface area contributed by atoms with Crippen LogP contribution in [0.4, 0.5) is 17.3 Å². The molecule has 122 valence electrons. The molecule has 0 saturated carbocycles. The van der Waals surface area contributed by atoms with Crippen molar-refractivity contribution in [3.05, 3.63) is 42.0 Å². The fraction of sp³-hybridized carbons (Fsp3) is 0.375. The summed E-state index contributed by atoms with van der Waals surface area (Å²) in [4.78, 5) is 2.13. The molecule has 1 aromatic heterocycles. The summed E-state index contributed by atoms with van der Waals surface area (Å²) < 4.78 is 26.0. The number of rotatable bonds is 5. The Bertz CT molecular complexity index is 790. The van der Waals surface area contributed by atoms with E-state index in [1.165, 1.54) is 5.56 Å². The fourth-order valence-electron chi connectivity index (χ4n) is 2.90. The van der Waals surface area contributed by atoms with E-state index in [-0.39, 0.29) is 11.6 Å². The highest BCUT2D eigenvalue weighted by Crippen LogP contribution is 2.36. The van der Waals surface area contributed by atoms with E-state index in [9.17, 15) is 8.42 Å². The van der Waals surface area contributed by atoms with Crippen LogP contribution < -0.4 is 9.62 Å². The summed E-state index contributed by atoms with van der Waals surface area (Å²) in [6.45, 7) is 3.96. The molecule has 2 heterocycles. The van der Waals surface area contributed by atoms with Crippen molar-refractivity contribution < 1.29 is 8.42 Å². The Hall–Kier alpha value is -2.15. The molecule has 0 bridgehead atoms. The van der Waals surface area contributed by atoms with Gasteiger partial charge in [0.15, 0.2) is 11.6 Å². The monoisotopic (exact) mass is 332 g/mol. The van der Waals surface area contributed by atoms with Gasteiger partial charge in [0.2, 0.25) is 10.0 Å². The van der Waals surface area contributed by atoms with Crippen LogP contribution in [0.3, 0.4) is 0 Å². The van der Waals surface area contributed by atoms with E-state index in [1.807, 2.05) is 19.1 Å². The molecule has 1 unspecified atom stereocenters. The lowest BCUT2D eigenvalue weighted by molar-refractivity contribution is 0.599. The Labute approximate surface area is 136 Å². The van der Waals surface area contributed by atoms with Gasteiger partial charge in [-0.3, -0.25) is 4.72 Å². The van der Waals surface area contributed by atoms with E-state index in [4.69, 9.17) is 0 Å². The van der Waals surface area contributed by atoms with Gasteiger partial charge in [0.05, 0.1) is 5.75 Å². The van der Waals surface area contributed by atoms with Crippen molar-refractivity contribution in [1.29, 1.82) is 0 Å². The molecular weight excluding hydrogens is 312 g/mol. The standard InChI is InChI=1S/C16H20N4O2S/c1-3-10-23(21,22)19-15-8-9-16(18-17-15)20-12(2)11-13-6-4-5-7-14(13)20/h4-9,12H,3,10-11H2,1-2H3,(H,17,19). The molecule has 0 fully saturated rings. The van der Waals surface area contributed by atoms with Crippen LogP contribution in [-0.2, 0) is 16.4 Å². The zero-order valence-electron chi connectivity index (χ0n) is 13.2. The Balaban J connectivity index is 1.83. The molecule has 2 aromatic rings. The van der Waals surface area contributed by atoms with Crippen molar-refractivity contribution >= 4 is 27.3 Å². The average Bonchev–Trinajstić information content (AvgIpc) is 2.83. The van der Waals surface area contributed by atoms with Crippen molar-refractivity contribution in [3.8, 4) is 0 Å². The van der Waals surface area contributed by atoms with Crippen LogP contribution in [0, 0.1) is 0 Å². The number of fused-ring (bicyclic) bond motifs is 1. The molecule has 1 N–H and O–H groups in total. The number of sulfonamides is 1. The minimum Gasteiger partial charge on any atom is -0.321 e. The maximum Gasteiger partial charge on any atom is 0.233 e. The number of aromatic nitrogens is 2. The van der Waals surface area contributed by atoms with E-state index in [0.29, 0.717) is 12.5 Å². The van der Waals surface area contributed by atoms with Crippen LogP contribution in [0.15, 0.2) is 36.4 Å². The van der Waals surface area contributed by atoms with E-state index < -0.39 is 10.0 Å². The molecule has 6 nitrogen and oxygen atoms in total. The smallest absolute Gasteiger partial charge is 0.233 e. The molecule has 1 aromatic carbocycles. The molecule has 1 aliphatic heterocycles. The van der Waals surface area contributed by atoms with Crippen LogP contribution in [0.1, 0.15) is 25.8 Å². The van der Waals surface area contributed by atoms with Gasteiger partial charge in [0.1, 0.15) is 0 Å². The van der Waals surface area contributed by atoms with Gasteiger partial charge in [-0.05, 0) is 43.5 Å². The van der Waals surface area contributed by atoms with Crippen molar-refractivity contribution in [1.82, 2.24) is 10.2 Å². The van der Waals surface area contributed by atoms with Crippen molar-refractivity contribution in [2.75, 3.05) is 15.4 Å². The predicted molar refractivity (Wildman–Crippen MR) is 91.5 cm³/mol. The second kappa shape index (κ2) is 6.16. The molecule has 23 heavy (non-hydrogen) atoms. The lowest BCUT2D eigenvalue weighted by Crippen LogP contribution is -2.25. The Morgan fingerprint density at radius 2 is 2.00 bits per heavy atom. The molecule has 0 saturated heterocycles. The number of para-hydroxylation sites is 1. The quantitative estimate of drug-likeness (QED) is 0.911. The summed E-state index contributed by atoms with van der Waals surface area (Å²) in [5, 5.41) is 8.22. The lowest BCUT2D eigenvalue weighted by atomic mass is 10.1. The predicted octanol–water partition coefficient (Wildman–Crippen LogP) is 2.71. The molecule has 3 rings (SSSR count). The summed E-state index contributed by atoms with van der Waals surface area (Å²) in [7, 11) is -3.34. The highest BCUT2D eigenvalue weighted by atomic mass is 32.2. The lowest BCUT2D eigenvalue weighted by Gasteiger charge is -2.23. The summed E-state index contributed by atoms with van der Waals surface area (Å²) in [5.74, 6) is 1.05. The number of hydrogen-bond acceptors (Lipinski definition) is 5. The summed E-state index contributed by atoms with van der Waals surface area (Å²) in [5.41, 5.74) is 2.42. The maximum atomic E-state index is 11.8.